The fourth-order valence-corrected chi connectivity index (χ4v) is 2.62. The lowest BCUT2D eigenvalue weighted by molar-refractivity contribution is -0.118. The van der Waals surface area contributed by atoms with Gasteiger partial charge in [0.1, 0.15) is 11.5 Å². The molecule has 5 heteroatoms. The molecule has 1 heterocycles. The summed E-state index contributed by atoms with van der Waals surface area (Å²) in [5.41, 5.74) is 1.70. The summed E-state index contributed by atoms with van der Waals surface area (Å²) in [6.45, 7) is 4.17. The van der Waals surface area contributed by atoms with Crippen LogP contribution in [-0.2, 0) is 4.79 Å². The average molecular weight is 324 g/mol. The Hall–Kier alpha value is -2.95. The van der Waals surface area contributed by atoms with Crippen molar-refractivity contribution in [3.8, 4) is 11.5 Å². The molecule has 5 nitrogen and oxygen atoms in total. The van der Waals surface area contributed by atoms with E-state index in [1.54, 1.807) is 12.1 Å². The van der Waals surface area contributed by atoms with Gasteiger partial charge in [0.25, 0.3) is 5.91 Å². The smallest absolute Gasteiger partial charge is 0.262 e. The molecule has 0 unspecified atom stereocenters. The van der Waals surface area contributed by atoms with E-state index in [4.69, 9.17) is 4.74 Å². The fourth-order valence-electron chi connectivity index (χ4n) is 2.62. The number of rotatable bonds is 5. The Morgan fingerprint density at radius 1 is 1.17 bits per heavy atom. The molecule has 0 aliphatic heterocycles. The molecule has 0 fully saturated rings. The standard InChI is InChI=1S/C19H20N2O3/c1-13(2)21-11-10-16-17(21)4-3-5-18(16)24-12-19(23)20-14-6-8-15(22)9-7-14/h3-11,13,22H,12H2,1-2H3,(H,20,23). The summed E-state index contributed by atoms with van der Waals surface area (Å²) >= 11 is 0. The van der Waals surface area contributed by atoms with E-state index >= 15 is 0 Å². The number of benzene rings is 2. The molecule has 0 aliphatic carbocycles. The van der Waals surface area contributed by atoms with Crippen LogP contribution >= 0.6 is 0 Å². The number of phenolic OH excluding ortho intramolecular Hbond substituents is 1. The maximum Gasteiger partial charge on any atom is 0.262 e. The second-order valence-corrected chi connectivity index (χ2v) is 5.89. The molecular weight excluding hydrogens is 304 g/mol. The molecule has 124 valence electrons. The van der Waals surface area contributed by atoms with Gasteiger partial charge < -0.3 is 19.7 Å². The van der Waals surface area contributed by atoms with Crippen molar-refractivity contribution in [2.75, 3.05) is 11.9 Å². The van der Waals surface area contributed by atoms with Crippen LogP contribution in [0.1, 0.15) is 19.9 Å². The third-order valence-electron chi connectivity index (χ3n) is 3.79. The minimum atomic E-state index is -0.249. The van der Waals surface area contributed by atoms with Crippen molar-refractivity contribution in [3.05, 3.63) is 54.7 Å². The Morgan fingerprint density at radius 3 is 2.62 bits per heavy atom. The zero-order valence-corrected chi connectivity index (χ0v) is 13.7. The lowest BCUT2D eigenvalue weighted by atomic mass is 10.2. The zero-order chi connectivity index (χ0) is 17.1. The van der Waals surface area contributed by atoms with Gasteiger partial charge in [0.15, 0.2) is 6.61 Å². The minimum absolute atomic E-state index is 0.0765. The van der Waals surface area contributed by atoms with E-state index in [2.05, 4.69) is 23.7 Å². The molecule has 3 rings (SSSR count). The van der Waals surface area contributed by atoms with Crippen molar-refractivity contribution in [1.82, 2.24) is 4.57 Å². The summed E-state index contributed by atoms with van der Waals surface area (Å²) in [6, 6.07) is 14.5. The first-order chi connectivity index (χ1) is 11.5. The number of aromatic hydroxyl groups is 1. The van der Waals surface area contributed by atoms with Crippen LogP contribution in [0, 0.1) is 0 Å². The van der Waals surface area contributed by atoms with Gasteiger partial charge in [0.2, 0.25) is 0 Å². The Labute approximate surface area is 140 Å². The summed E-state index contributed by atoms with van der Waals surface area (Å²) in [5.74, 6) is 0.597. The third-order valence-corrected chi connectivity index (χ3v) is 3.79. The summed E-state index contributed by atoms with van der Waals surface area (Å²) in [5, 5.41) is 13.0. The quantitative estimate of drug-likeness (QED) is 0.699. The Bertz CT molecular complexity index is 851. The number of aromatic nitrogens is 1. The fraction of sp³-hybridized carbons (Fsp3) is 0.211. The van der Waals surface area contributed by atoms with Gasteiger partial charge >= 0.3 is 0 Å². The Kier molecular flexibility index (Phi) is 4.42. The lowest BCUT2D eigenvalue weighted by Crippen LogP contribution is -2.20. The van der Waals surface area contributed by atoms with Crippen LogP contribution in [0.3, 0.4) is 0 Å². The summed E-state index contributed by atoms with van der Waals surface area (Å²) < 4.78 is 7.86. The van der Waals surface area contributed by atoms with E-state index in [1.165, 1.54) is 12.1 Å². The maximum absolute atomic E-state index is 12.0. The number of anilines is 1. The van der Waals surface area contributed by atoms with E-state index < -0.39 is 0 Å². The van der Waals surface area contributed by atoms with Crippen LogP contribution in [-0.4, -0.2) is 22.2 Å². The molecule has 0 atom stereocenters. The molecule has 0 radical (unpaired) electrons. The van der Waals surface area contributed by atoms with Gasteiger partial charge in [-0.25, -0.2) is 0 Å². The second kappa shape index (κ2) is 6.66. The highest BCUT2D eigenvalue weighted by Gasteiger charge is 2.10. The molecule has 0 spiro atoms. The Morgan fingerprint density at radius 2 is 1.92 bits per heavy atom. The first-order valence-electron chi connectivity index (χ1n) is 7.86. The number of carbonyl (C=O) groups excluding carboxylic acids is 1. The first-order valence-corrected chi connectivity index (χ1v) is 7.86. The predicted molar refractivity (Wildman–Crippen MR) is 94.6 cm³/mol. The van der Waals surface area contributed by atoms with Crippen molar-refractivity contribution < 1.29 is 14.6 Å². The van der Waals surface area contributed by atoms with Crippen LogP contribution < -0.4 is 10.1 Å². The van der Waals surface area contributed by atoms with Gasteiger partial charge in [-0.15, -0.1) is 0 Å². The number of carbonyl (C=O) groups is 1. The number of phenols is 1. The molecule has 2 N–H and O–H groups in total. The molecule has 0 saturated carbocycles. The molecule has 3 aromatic rings. The number of hydrogen-bond donors (Lipinski definition) is 2. The second-order valence-electron chi connectivity index (χ2n) is 5.89. The minimum Gasteiger partial charge on any atom is -0.508 e. The van der Waals surface area contributed by atoms with E-state index in [1.807, 2.05) is 30.5 Å². The Balaban J connectivity index is 1.69. The third kappa shape index (κ3) is 3.35. The van der Waals surface area contributed by atoms with Gasteiger partial charge in [0, 0.05) is 23.3 Å². The normalized spacial score (nSPS) is 11.0. The van der Waals surface area contributed by atoms with Gasteiger partial charge in [-0.2, -0.15) is 0 Å². The van der Waals surface area contributed by atoms with E-state index in [0.717, 1.165) is 10.9 Å². The highest BCUT2D eigenvalue weighted by Crippen LogP contribution is 2.28. The van der Waals surface area contributed by atoms with E-state index in [0.29, 0.717) is 17.5 Å². The van der Waals surface area contributed by atoms with Crippen molar-refractivity contribution >= 4 is 22.5 Å². The predicted octanol–water partition coefficient (Wildman–Crippen LogP) is 3.95. The van der Waals surface area contributed by atoms with Gasteiger partial charge in [0.05, 0.1) is 5.52 Å². The molecule has 0 aliphatic rings. The number of fused-ring (bicyclic) bond motifs is 1. The molecular formula is C19H20N2O3. The van der Waals surface area contributed by atoms with Crippen LogP contribution in [0.5, 0.6) is 11.5 Å². The number of hydrogen-bond acceptors (Lipinski definition) is 3. The van der Waals surface area contributed by atoms with Gasteiger partial charge in [-0.3, -0.25) is 4.79 Å². The summed E-state index contributed by atoms with van der Waals surface area (Å²) in [4.78, 5) is 12.0. The van der Waals surface area contributed by atoms with Crippen LogP contribution in [0.25, 0.3) is 10.9 Å². The van der Waals surface area contributed by atoms with Crippen LogP contribution in [0.2, 0.25) is 0 Å². The largest absolute Gasteiger partial charge is 0.508 e. The lowest BCUT2D eigenvalue weighted by Gasteiger charge is -2.11. The van der Waals surface area contributed by atoms with Crippen LogP contribution in [0.4, 0.5) is 5.69 Å². The molecule has 24 heavy (non-hydrogen) atoms. The van der Waals surface area contributed by atoms with Crippen LogP contribution in [0.15, 0.2) is 54.7 Å². The van der Waals surface area contributed by atoms with Gasteiger partial charge in [-0.05, 0) is 56.3 Å². The molecule has 0 saturated heterocycles. The number of nitrogens with zero attached hydrogens (tertiary/aromatic N) is 1. The molecule has 0 bridgehead atoms. The number of ether oxygens (including phenoxy) is 1. The summed E-state index contributed by atoms with van der Waals surface area (Å²) in [6.07, 6.45) is 2.03. The topological polar surface area (TPSA) is 63.5 Å². The monoisotopic (exact) mass is 324 g/mol. The van der Waals surface area contributed by atoms with Crippen molar-refractivity contribution in [3.63, 3.8) is 0 Å². The zero-order valence-electron chi connectivity index (χ0n) is 13.7. The highest BCUT2D eigenvalue weighted by molar-refractivity contribution is 5.92. The molecule has 1 amide bonds. The molecule has 1 aromatic heterocycles. The van der Waals surface area contributed by atoms with Crippen molar-refractivity contribution in [1.29, 1.82) is 0 Å². The van der Waals surface area contributed by atoms with Crippen molar-refractivity contribution in [2.45, 2.75) is 19.9 Å². The van der Waals surface area contributed by atoms with Gasteiger partial charge in [-0.1, -0.05) is 6.07 Å². The summed E-state index contributed by atoms with van der Waals surface area (Å²) in [7, 11) is 0. The SMILES string of the molecule is CC(C)n1ccc2c(OCC(=O)Nc3ccc(O)cc3)cccc21. The van der Waals surface area contributed by atoms with E-state index in [-0.39, 0.29) is 18.3 Å². The maximum atomic E-state index is 12.0. The van der Waals surface area contributed by atoms with E-state index in [9.17, 15) is 9.90 Å². The average Bonchev–Trinajstić information content (AvgIpc) is 3.00. The van der Waals surface area contributed by atoms with Crippen molar-refractivity contribution in [2.24, 2.45) is 0 Å². The number of nitrogens with one attached hydrogen (secondary N) is 1. The number of amides is 1. The molecule has 2 aromatic carbocycles. The first kappa shape index (κ1) is 15.9. The highest BCUT2D eigenvalue weighted by atomic mass is 16.5.